The Balaban J connectivity index is 1.51. The van der Waals surface area contributed by atoms with E-state index in [1.165, 1.54) is 18.7 Å². The van der Waals surface area contributed by atoms with Crippen molar-refractivity contribution in [3.63, 3.8) is 0 Å². The summed E-state index contributed by atoms with van der Waals surface area (Å²) in [7, 11) is 0. The Hall–Kier alpha value is -3.18. The smallest absolute Gasteiger partial charge is 0.323 e. The van der Waals surface area contributed by atoms with Gasteiger partial charge in [-0.25, -0.2) is 14.3 Å². The van der Waals surface area contributed by atoms with Crippen molar-refractivity contribution in [3.05, 3.63) is 47.6 Å². The molecule has 3 heterocycles. The molecule has 0 atom stereocenters. The van der Waals surface area contributed by atoms with Crippen LogP contribution in [0, 0.1) is 0 Å². The summed E-state index contributed by atoms with van der Waals surface area (Å²) in [4.78, 5) is 34.6. The number of carbonyl (C=O) groups excluding carboxylic acids is 2. The third-order valence-electron chi connectivity index (χ3n) is 6.06. The van der Waals surface area contributed by atoms with E-state index in [0.29, 0.717) is 58.8 Å². The zero-order valence-corrected chi connectivity index (χ0v) is 20.8. The summed E-state index contributed by atoms with van der Waals surface area (Å²) in [5.74, 6) is 1.21. The molecular formula is C24H24ClN6O3S+. The molecule has 35 heavy (non-hydrogen) atoms. The first-order valence-electron chi connectivity index (χ1n) is 11.1. The molecule has 2 aliphatic rings. The van der Waals surface area contributed by atoms with Crippen LogP contribution in [0.25, 0.3) is 11.4 Å². The highest BCUT2D eigenvalue weighted by molar-refractivity contribution is 7.98. The standard InChI is InChI=1S/C24H23ClN6O3S/c1-14(32)26-16-4-3-5-17(13-16)27-24(33)28-18-7-6-15-12-19(18)31(8-10-34-11-9-31)23-20(35-2)21(25)29-22(15)30-23/h3-7,12-13H,8-11H2,1-2H3,(H2-,26,27,28,29,30,32,33)/p+1. The van der Waals surface area contributed by atoms with Crippen LogP contribution in [0.2, 0.25) is 5.15 Å². The van der Waals surface area contributed by atoms with Gasteiger partial charge in [-0.3, -0.25) is 4.79 Å². The molecule has 0 aliphatic carbocycles. The van der Waals surface area contributed by atoms with Crippen molar-refractivity contribution < 1.29 is 14.3 Å². The fourth-order valence-corrected chi connectivity index (χ4v) is 5.53. The Kier molecular flexibility index (Phi) is 6.37. The molecule has 3 aromatic rings. The van der Waals surface area contributed by atoms with Gasteiger partial charge in [-0.1, -0.05) is 17.7 Å². The van der Waals surface area contributed by atoms with Crippen LogP contribution in [0.4, 0.5) is 33.4 Å². The number of hydrogen-bond acceptors (Lipinski definition) is 6. The number of nitrogens with one attached hydrogen (secondary N) is 3. The highest BCUT2D eigenvalue weighted by Gasteiger charge is 2.44. The molecule has 3 amide bonds. The lowest BCUT2D eigenvalue weighted by Crippen LogP contribution is -2.53. The fraction of sp³-hybridized carbons (Fsp3) is 0.250. The molecule has 4 bridgehead atoms. The molecule has 2 aliphatic heterocycles. The van der Waals surface area contributed by atoms with Gasteiger partial charge in [0.15, 0.2) is 16.7 Å². The predicted octanol–water partition coefficient (Wildman–Crippen LogP) is 5.10. The highest BCUT2D eigenvalue weighted by atomic mass is 35.5. The van der Waals surface area contributed by atoms with Crippen LogP contribution in [0.3, 0.4) is 0 Å². The van der Waals surface area contributed by atoms with Crippen LogP contribution in [-0.2, 0) is 9.53 Å². The van der Waals surface area contributed by atoms with Gasteiger partial charge < -0.3 is 20.7 Å². The molecule has 0 radical (unpaired) electrons. The van der Waals surface area contributed by atoms with Gasteiger partial charge in [0.1, 0.15) is 23.7 Å². The Morgan fingerprint density at radius 2 is 1.77 bits per heavy atom. The number of thioether (sulfide) groups is 1. The Morgan fingerprint density at radius 3 is 2.49 bits per heavy atom. The number of morpholine rings is 1. The van der Waals surface area contributed by atoms with Crippen LogP contribution < -0.4 is 20.4 Å². The minimum atomic E-state index is -0.398. The number of nitrogens with zero attached hydrogens (tertiary/aromatic N) is 3. The zero-order chi connectivity index (χ0) is 24.6. The second-order valence-electron chi connectivity index (χ2n) is 8.30. The van der Waals surface area contributed by atoms with Gasteiger partial charge in [0.2, 0.25) is 5.91 Å². The number of hydrogen-bond donors (Lipinski definition) is 3. The summed E-state index contributed by atoms with van der Waals surface area (Å²) in [6.07, 6.45) is 1.96. The molecule has 11 heteroatoms. The first kappa shape index (κ1) is 23.6. The van der Waals surface area contributed by atoms with Crippen LogP contribution in [0.15, 0.2) is 47.4 Å². The number of amides is 3. The van der Waals surface area contributed by atoms with Gasteiger partial charge in [0.05, 0.1) is 13.2 Å². The van der Waals surface area contributed by atoms with Crippen LogP contribution in [0.1, 0.15) is 6.92 Å². The van der Waals surface area contributed by atoms with Crippen molar-refractivity contribution in [3.8, 4) is 11.4 Å². The monoisotopic (exact) mass is 511 g/mol. The summed E-state index contributed by atoms with van der Waals surface area (Å²) in [5.41, 5.74) is 3.57. The van der Waals surface area contributed by atoms with Gasteiger partial charge in [0, 0.05) is 29.9 Å². The molecule has 0 saturated carbocycles. The molecule has 3 N–H and O–H groups in total. The largest absolute Gasteiger partial charge is 0.370 e. The van der Waals surface area contributed by atoms with Crippen molar-refractivity contribution in [2.75, 3.05) is 48.5 Å². The molecule has 5 rings (SSSR count). The summed E-state index contributed by atoms with van der Waals surface area (Å²) in [6, 6.07) is 12.4. The number of benzene rings is 2. The number of halogens is 1. The number of quaternary nitrogens is 1. The summed E-state index contributed by atoms with van der Waals surface area (Å²) in [5, 5.41) is 9.00. The van der Waals surface area contributed by atoms with E-state index < -0.39 is 6.03 Å². The number of rotatable bonds is 4. The molecule has 180 valence electrons. The van der Waals surface area contributed by atoms with Gasteiger partial charge in [-0.15, -0.1) is 11.8 Å². The zero-order valence-electron chi connectivity index (χ0n) is 19.2. The number of urea groups is 1. The summed E-state index contributed by atoms with van der Waals surface area (Å²) < 4.78 is 6.10. The van der Waals surface area contributed by atoms with E-state index in [1.807, 2.05) is 24.5 Å². The van der Waals surface area contributed by atoms with Crippen molar-refractivity contribution in [2.24, 2.45) is 0 Å². The van der Waals surface area contributed by atoms with Gasteiger partial charge in [-0.2, -0.15) is 4.98 Å². The van der Waals surface area contributed by atoms with Gasteiger partial charge in [-0.05, 0) is 36.6 Å². The van der Waals surface area contributed by atoms with E-state index in [4.69, 9.17) is 21.3 Å². The number of anilines is 3. The molecule has 1 spiro atoms. The molecule has 1 fully saturated rings. The first-order valence-corrected chi connectivity index (χ1v) is 12.7. The van der Waals surface area contributed by atoms with Gasteiger partial charge in [0.25, 0.3) is 5.82 Å². The van der Waals surface area contributed by atoms with E-state index in [1.54, 1.807) is 24.3 Å². The molecule has 9 nitrogen and oxygen atoms in total. The Labute approximate surface area is 211 Å². The van der Waals surface area contributed by atoms with Crippen LogP contribution >= 0.6 is 23.4 Å². The maximum atomic E-state index is 13.0. The average molecular weight is 512 g/mol. The van der Waals surface area contributed by atoms with Crippen molar-refractivity contribution in [1.29, 1.82) is 0 Å². The summed E-state index contributed by atoms with van der Waals surface area (Å²) in [6.45, 7) is 3.84. The average Bonchev–Trinajstić information content (AvgIpc) is 2.90. The molecule has 1 saturated heterocycles. The van der Waals surface area contributed by atoms with Crippen molar-refractivity contribution in [1.82, 2.24) is 14.5 Å². The van der Waals surface area contributed by atoms with Crippen molar-refractivity contribution in [2.45, 2.75) is 11.8 Å². The van der Waals surface area contributed by atoms with Crippen molar-refractivity contribution >= 4 is 63.9 Å². The molecular weight excluding hydrogens is 488 g/mol. The normalized spacial score (nSPS) is 15.3. The van der Waals surface area contributed by atoms with Gasteiger partial charge >= 0.3 is 6.03 Å². The predicted molar refractivity (Wildman–Crippen MR) is 140 cm³/mol. The van der Waals surface area contributed by atoms with Crippen LogP contribution in [0.5, 0.6) is 0 Å². The highest BCUT2D eigenvalue weighted by Crippen LogP contribution is 2.49. The van der Waals surface area contributed by atoms with E-state index in [2.05, 4.69) is 20.9 Å². The lowest BCUT2D eigenvalue weighted by atomic mass is 10.1. The number of aromatic nitrogens is 2. The third-order valence-corrected chi connectivity index (χ3v) is 7.23. The van der Waals surface area contributed by atoms with E-state index in [-0.39, 0.29) is 5.91 Å². The Morgan fingerprint density at radius 1 is 1.03 bits per heavy atom. The quantitative estimate of drug-likeness (QED) is 0.255. The fourth-order valence-electron chi connectivity index (χ4n) is 4.52. The molecule has 1 aromatic heterocycles. The maximum Gasteiger partial charge on any atom is 0.323 e. The number of ether oxygens (including phenoxy) is 1. The second-order valence-corrected chi connectivity index (χ2v) is 9.47. The minimum absolute atomic E-state index is 0.183. The summed E-state index contributed by atoms with van der Waals surface area (Å²) >= 11 is 8.09. The van der Waals surface area contributed by atoms with E-state index in [0.717, 1.165) is 22.0 Å². The first-order chi connectivity index (χ1) is 16.9. The number of fused-ring (bicyclic) bond motifs is 7. The van der Waals surface area contributed by atoms with Crippen LogP contribution in [-0.4, -0.2) is 54.5 Å². The molecule has 0 unspecified atom stereocenters. The Bertz CT molecular complexity index is 1330. The topological polar surface area (TPSA) is 105 Å². The second kappa shape index (κ2) is 9.46. The number of carbonyl (C=O) groups is 2. The lowest BCUT2D eigenvalue weighted by Gasteiger charge is -2.40. The third kappa shape index (κ3) is 4.45. The van der Waals surface area contributed by atoms with E-state index in [9.17, 15) is 9.59 Å². The maximum absolute atomic E-state index is 13.0. The minimum Gasteiger partial charge on any atom is -0.370 e. The lowest BCUT2D eigenvalue weighted by molar-refractivity contribution is -0.114. The molecule has 2 aromatic carbocycles. The van der Waals surface area contributed by atoms with E-state index >= 15 is 0 Å². The SMILES string of the molecule is CSc1c(Cl)nc2nc1[N+]1(CCOCC1)c1cc-2ccc1NC(=O)Nc1cccc(NC(C)=O)c1.